The highest BCUT2D eigenvalue weighted by Gasteiger charge is 2.22. The quantitative estimate of drug-likeness (QED) is 0.586. The molecule has 3 aromatic rings. The Hall–Kier alpha value is -2.67. The largest absolute Gasteiger partial charge is 0.481 e. The number of halogens is 1. The maximum absolute atomic E-state index is 12.6. The van der Waals surface area contributed by atoms with Gasteiger partial charge < -0.3 is 14.2 Å². The minimum absolute atomic E-state index is 0.166. The summed E-state index contributed by atoms with van der Waals surface area (Å²) in [6, 6.07) is 15.2. The van der Waals surface area contributed by atoms with Gasteiger partial charge in [-0.3, -0.25) is 4.79 Å². The van der Waals surface area contributed by atoms with Gasteiger partial charge in [0.05, 0.1) is 6.54 Å². The summed E-state index contributed by atoms with van der Waals surface area (Å²) in [5.41, 5.74) is 1.82. The van der Waals surface area contributed by atoms with Crippen LogP contribution in [0.3, 0.4) is 0 Å². The first-order chi connectivity index (χ1) is 12.9. The summed E-state index contributed by atoms with van der Waals surface area (Å²) in [6.07, 6.45) is -0.622. The zero-order valence-corrected chi connectivity index (χ0v) is 16.9. The molecule has 0 aliphatic carbocycles. The number of carbonyl (C=O) groups is 1. The van der Waals surface area contributed by atoms with Gasteiger partial charge in [0.25, 0.3) is 5.91 Å². The fourth-order valence-electron chi connectivity index (χ4n) is 2.58. The molecule has 0 saturated heterocycles. The molecule has 3 rings (SSSR count). The molecule has 6 nitrogen and oxygen atoms in total. The first kappa shape index (κ1) is 19.1. The molecule has 1 aromatic heterocycles. The molecular weight excluding hydrogens is 410 g/mol. The van der Waals surface area contributed by atoms with E-state index in [-0.39, 0.29) is 12.5 Å². The number of para-hydroxylation sites is 1. The van der Waals surface area contributed by atoms with E-state index in [4.69, 9.17) is 9.26 Å². The number of carbonyl (C=O) groups excluding carboxylic acids is 1. The van der Waals surface area contributed by atoms with Gasteiger partial charge in [0, 0.05) is 17.1 Å². The van der Waals surface area contributed by atoms with E-state index in [2.05, 4.69) is 26.1 Å². The second-order valence-corrected chi connectivity index (χ2v) is 7.16. The Kier molecular flexibility index (Phi) is 5.91. The van der Waals surface area contributed by atoms with Crippen molar-refractivity contribution >= 4 is 21.8 Å². The van der Waals surface area contributed by atoms with Crippen LogP contribution in [0.4, 0.5) is 0 Å². The van der Waals surface area contributed by atoms with Crippen molar-refractivity contribution in [2.24, 2.45) is 0 Å². The van der Waals surface area contributed by atoms with Crippen LogP contribution in [0, 0.1) is 6.92 Å². The average Bonchev–Trinajstić information content (AvgIpc) is 3.11. The Morgan fingerprint density at radius 1 is 1.26 bits per heavy atom. The third-order valence-electron chi connectivity index (χ3n) is 4.04. The van der Waals surface area contributed by atoms with Gasteiger partial charge in [-0.15, -0.1) is 0 Å². The molecule has 0 bridgehead atoms. The Balaban J connectivity index is 1.64. The molecular formula is C20H20BrN3O3. The third-order valence-corrected chi connectivity index (χ3v) is 4.54. The molecule has 0 spiro atoms. The van der Waals surface area contributed by atoms with Gasteiger partial charge in [0.15, 0.2) is 6.10 Å². The molecule has 2 aromatic carbocycles. The lowest BCUT2D eigenvalue weighted by Crippen LogP contribution is -2.37. The molecule has 0 radical (unpaired) electrons. The summed E-state index contributed by atoms with van der Waals surface area (Å²) in [5.74, 6) is 1.38. The summed E-state index contributed by atoms with van der Waals surface area (Å²) in [7, 11) is 1.68. The molecule has 0 saturated carbocycles. The van der Waals surface area contributed by atoms with E-state index in [0.29, 0.717) is 17.5 Å². The smallest absolute Gasteiger partial charge is 0.263 e. The minimum Gasteiger partial charge on any atom is -0.481 e. The fraction of sp³-hybridized carbons (Fsp3) is 0.250. The maximum atomic E-state index is 12.6. The number of likely N-dealkylation sites (N-methyl/N-ethyl adjacent to an activating group) is 1. The number of nitrogens with zero attached hydrogens (tertiary/aromatic N) is 3. The second-order valence-electron chi connectivity index (χ2n) is 6.24. The van der Waals surface area contributed by atoms with Crippen molar-refractivity contribution in [3.63, 3.8) is 0 Å². The third kappa shape index (κ3) is 4.74. The molecule has 7 heteroatoms. The zero-order valence-electron chi connectivity index (χ0n) is 15.3. The van der Waals surface area contributed by atoms with E-state index in [1.54, 1.807) is 14.0 Å². The molecule has 0 aliphatic rings. The van der Waals surface area contributed by atoms with Crippen LogP contribution >= 0.6 is 15.9 Å². The van der Waals surface area contributed by atoms with Crippen LogP contribution in [0.5, 0.6) is 5.75 Å². The van der Waals surface area contributed by atoms with E-state index in [1.165, 1.54) is 4.90 Å². The fourth-order valence-corrected chi connectivity index (χ4v) is 2.98. The number of amides is 1. The van der Waals surface area contributed by atoms with Gasteiger partial charge >= 0.3 is 0 Å². The van der Waals surface area contributed by atoms with E-state index in [9.17, 15) is 4.79 Å². The molecule has 0 fully saturated rings. The van der Waals surface area contributed by atoms with Crippen molar-refractivity contribution < 1.29 is 14.1 Å². The van der Waals surface area contributed by atoms with Gasteiger partial charge in [0.1, 0.15) is 5.75 Å². The van der Waals surface area contributed by atoms with E-state index in [1.807, 2.05) is 55.5 Å². The first-order valence-corrected chi connectivity index (χ1v) is 9.29. The Bertz CT molecular complexity index is 941. The number of hydrogen-bond donors (Lipinski definition) is 0. The lowest BCUT2D eigenvalue weighted by molar-refractivity contribution is -0.137. The van der Waals surface area contributed by atoms with Gasteiger partial charge in [-0.25, -0.2) is 0 Å². The van der Waals surface area contributed by atoms with Crippen LogP contribution in [-0.4, -0.2) is 34.1 Å². The highest BCUT2D eigenvalue weighted by Crippen LogP contribution is 2.21. The topological polar surface area (TPSA) is 68.5 Å². The van der Waals surface area contributed by atoms with Crippen LogP contribution in [-0.2, 0) is 11.3 Å². The van der Waals surface area contributed by atoms with Crippen LogP contribution < -0.4 is 4.74 Å². The van der Waals surface area contributed by atoms with Crippen LogP contribution in [0.2, 0.25) is 0 Å². The Labute approximate surface area is 166 Å². The monoisotopic (exact) mass is 429 g/mol. The standard InChI is InChI=1S/C20H20BrN3O3/c1-13-7-4-5-10-17(13)26-14(2)20(25)24(3)12-18-22-19(23-27-18)15-8-6-9-16(21)11-15/h4-11,14H,12H2,1-3H3/t14-/m0/s1. The van der Waals surface area contributed by atoms with E-state index in [0.717, 1.165) is 15.6 Å². The molecule has 0 N–H and O–H groups in total. The zero-order chi connectivity index (χ0) is 19.4. The summed E-state index contributed by atoms with van der Waals surface area (Å²) in [6.45, 7) is 3.88. The maximum Gasteiger partial charge on any atom is 0.263 e. The summed E-state index contributed by atoms with van der Waals surface area (Å²) in [4.78, 5) is 18.5. The van der Waals surface area contributed by atoms with Gasteiger partial charge in [-0.1, -0.05) is 51.4 Å². The number of ether oxygens (including phenoxy) is 1. The highest BCUT2D eigenvalue weighted by atomic mass is 79.9. The predicted octanol–water partition coefficient (Wildman–Crippen LogP) is 4.23. The van der Waals surface area contributed by atoms with Crippen molar-refractivity contribution in [1.29, 1.82) is 0 Å². The highest BCUT2D eigenvalue weighted by molar-refractivity contribution is 9.10. The Morgan fingerprint density at radius 3 is 2.78 bits per heavy atom. The summed E-state index contributed by atoms with van der Waals surface area (Å²) >= 11 is 3.42. The molecule has 1 atom stereocenters. The Morgan fingerprint density at radius 2 is 2.04 bits per heavy atom. The molecule has 1 heterocycles. The predicted molar refractivity (Wildman–Crippen MR) is 105 cm³/mol. The SMILES string of the molecule is Cc1ccccc1O[C@@H](C)C(=O)N(C)Cc1nc(-c2cccc(Br)c2)no1. The van der Waals surface area contributed by atoms with Gasteiger partial charge in [-0.05, 0) is 37.6 Å². The molecule has 0 aliphatic heterocycles. The van der Waals surface area contributed by atoms with Crippen molar-refractivity contribution in [2.45, 2.75) is 26.5 Å². The number of benzene rings is 2. The van der Waals surface area contributed by atoms with Gasteiger partial charge in [0.2, 0.25) is 11.7 Å². The number of aryl methyl sites for hydroxylation is 1. The second kappa shape index (κ2) is 8.35. The summed E-state index contributed by atoms with van der Waals surface area (Å²) < 4.78 is 12.0. The van der Waals surface area contributed by atoms with Crippen molar-refractivity contribution in [2.75, 3.05) is 7.05 Å². The average molecular weight is 430 g/mol. The number of hydrogen-bond acceptors (Lipinski definition) is 5. The van der Waals surface area contributed by atoms with Crippen molar-refractivity contribution in [3.05, 3.63) is 64.5 Å². The van der Waals surface area contributed by atoms with Gasteiger partial charge in [-0.2, -0.15) is 4.98 Å². The molecule has 27 heavy (non-hydrogen) atoms. The van der Waals surface area contributed by atoms with E-state index < -0.39 is 6.10 Å². The molecule has 0 unspecified atom stereocenters. The molecule has 1 amide bonds. The van der Waals surface area contributed by atoms with Crippen molar-refractivity contribution in [3.8, 4) is 17.1 Å². The summed E-state index contributed by atoms with van der Waals surface area (Å²) in [5, 5.41) is 3.99. The first-order valence-electron chi connectivity index (χ1n) is 8.50. The number of aromatic nitrogens is 2. The van der Waals surface area contributed by atoms with Crippen LogP contribution in [0.25, 0.3) is 11.4 Å². The van der Waals surface area contributed by atoms with Crippen LogP contribution in [0.15, 0.2) is 57.5 Å². The molecule has 140 valence electrons. The normalized spacial score (nSPS) is 11.9. The van der Waals surface area contributed by atoms with Crippen LogP contribution in [0.1, 0.15) is 18.4 Å². The lowest BCUT2D eigenvalue weighted by Gasteiger charge is -2.21. The minimum atomic E-state index is -0.622. The van der Waals surface area contributed by atoms with E-state index >= 15 is 0 Å². The lowest BCUT2D eigenvalue weighted by atomic mass is 10.2. The number of rotatable bonds is 6. The van der Waals surface area contributed by atoms with Crippen molar-refractivity contribution in [1.82, 2.24) is 15.0 Å².